The zero-order valence-electron chi connectivity index (χ0n) is 22.3. The third-order valence-electron chi connectivity index (χ3n) is 7.46. The average molecular weight is 568 g/mol. The Morgan fingerprint density at radius 1 is 1.24 bits per heavy atom. The first-order valence-electron chi connectivity index (χ1n) is 12.9. The van der Waals surface area contributed by atoms with Crippen molar-refractivity contribution in [3.05, 3.63) is 46.8 Å². The van der Waals surface area contributed by atoms with Crippen molar-refractivity contribution in [2.45, 2.75) is 57.6 Å². The van der Waals surface area contributed by atoms with Gasteiger partial charge in [0.15, 0.2) is 17.7 Å². The molecule has 1 fully saturated rings. The summed E-state index contributed by atoms with van der Waals surface area (Å²) in [5.41, 5.74) is 9.37. The lowest BCUT2D eigenvalue weighted by Crippen LogP contribution is -2.33. The maximum Gasteiger partial charge on any atom is 0.342 e. The predicted octanol–water partition coefficient (Wildman–Crippen LogP) is -0.655. The van der Waals surface area contributed by atoms with Crippen molar-refractivity contribution in [3.63, 3.8) is 0 Å². The van der Waals surface area contributed by atoms with Crippen molar-refractivity contribution in [1.82, 2.24) is 39.8 Å². The quantitative estimate of drug-likeness (QED) is 0.125. The van der Waals surface area contributed by atoms with Crippen LogP contribution in [0.4, 0.5) is 5.82 Å². The number of aromatic nitrogens is 7. The highest BCUT2D eigenvalue weighted by atomic mass is 16.6. The number of hydrogen-bond acceptors (Lipinski definition) is 14. The Morgan fingerprint density at radius 2 is 2.07 bits per heavy atom. The Morgan fingerprint density at radius 3 is 2.88 bits per heavy atom. The average Bonchev–Trinajstić information content (AvgIpc) is 3.74. The standard InChI is InChI=1S/C25H29N9O7/c1-11-14-8-40-25(38)16(14)18(35)13(21(11)39-2)3-4-27-5-12-6-33(32-31-12)7-15-19(36)20(37)24(41-15)34-10-30-17-22(26)28-9-29-23(17)34/h6,9-10,15,19-20,24,27,35-37H,3-5,7-8H2,1-2H3,(H2,26,28,29)/t15-,19-,20-,24-/m1/s1. The first-order valence-corrected chi connectivity index (χ1v) is 12.9. The fourth-order valence-electron chi connectivity index (χ4n) is 5.36. The lowest BCUT2D eigenvalue weighted by Gasteiger charge is -2.16. The van der Waals surface area contributed by atoms with Crippen molar-refractivity contribution in [1.29, 1.82) is 0 Å². The van der Waals surface area contributed by atoms with E-state index in [0.717, 1.165) is 5.56 Å². The zero-order valence-corrected chi connectivity index (χ0v) is 22.3. The lowest BCUT2D eigenvalue weighted by molar-refractivity contribution is -0.0403. The van der Waals surface area contributed by atoms with Crippen LogP contribution in [0, 0.1) is 6.92 Å². The SMILES string of the molecule is COc1c(C)c2c(c(O)c1CCNCc1cn(C[C@H]3O[C@@H](n4cnc5c(N)ncnc54)[C@H](O)[C@@H]3O)nn1)C(=O)OC2. The van der Waals surface area contributed by atoms with E-state index >= 15 is 0 Å². The van der Waals surface area contributed by atoms with Crippen molar-refractivity contribution in [3.8, 4) is 11.5 Å². The Balaban J connectivity index is 1.07. The minimum Gasteiger partial charge on any atom is -0.507 e. The highest BCUT2D eigenvalue weighted by molar-refractivity contribution is 5.98. The van der Waals surface area contributed by atoms with Gasteiger partial charge in [0.05, 0.1) is 25.7 Å². The second kappa shape index (κ2) is 10.5. The molecule has 6 N–H and O–H groups in total. The van der Waals surface area contributed by atoms with Gasteiger partial charge in [0.2, 0.25) is 0 Å². The van der Waals surface area contributed by atoms with Gasteiger partial charge in [-0.25, -0.2) is 24.4 Å². The first-order chi connectivity index (χ1) is 19.8. The van der Waals surface area contributed by atoms with Crippen molar-refractivity contribution in [2.75, 3.05) is 19.4 Å². The normalized spacial score (nSPS) is 21.9. The van der Waals surface area contributed by atoms with Gasteiger partial charge < -0.3 is 40.6 Å². The fraction of sp³-hybridized carbons (Fsp3) is 0.440. The number of carbonyl (C=O) groups excluding carboxylic acids is 1. The molecule has 1 aromatic carbocycles. The van der Waals surface area contributed by atoms with E-state index in [1.165, 1.54) is 29.0 Å². The van der Waals surface area contributed by atoms with Crippen LogP contribution in [0.25, 0.3) is 11.2 Å². The van der Waals surface area contributed by atoms with Gasteiger partial charge in [-0.3, -0.25) is 4.57 Å². The van der Waals surface area contributed by atoms with E-state index < -0.39 is 30.5 Å². The molecule has 0 saturated carbocycles. The Kier molecular flexibility index (Phi) is 6.90. The van der Waals surface area contributed by atoms with Gasteiger partial charge in [0, 0.05) is 23.9 Å². The number of anilines is 1. The number of rotatable bonds is 9. The van der Waals surface area contributed by atoms with E-state index in [1.807, 2.05) is 6.92 Å². The van der Waals surface area contributed by atoms with Gasteiger partial charge in [0.1, 0.15) is 53.8 Å². The molecule has 16 heteroatoms. The van der Waals surface area contributed by atoms with Crippen molar-refractivity contribution >= 4 is 23.0 Å². The van der Waals surface area contributed by atoms with E-state index in [4.69, 9.17) is 19.9 Å². The fourth-order valence-corrected chi connectivity index (χ4v) is 5.36. The smallest absolute Gasteiger partial charge is 0.342 e. The Hall–Kier alpha value is -4.38. The van der Waals surface area contributed by atoms with Crippen LogP contribution in [0.1, 0.15) is 39.0 Å². The van der Waals surface area contributed by atoms with Crippen LogP contribution in [0.15, 0.2) is 18.9 Å². The van der Waals surface area contributed by atoms with Crippen molar-refractivity contribution < 1.29 is 34.3 Å². The lowest BCUT2D eigenvalue weighted by atomic mass is 9.95. The van der Waals surface area contributed by atoms with Gasteiger partial charge in [-0.2, -0.15) is 0 Å². The summed E-state index contributed by atoms with van der Waals surface area (Å²) < 4.78 is 19.6. The molecule has 4 aromatic rings. The molecule has 41 heavy (non-hydrogen) atoms. The summed E-state index contributed by atoms with van der Waals surface area (Å²) in [5, 5.41) is 43.6. The summed E-state index contributed by atoms with van der Waals surface area (Å²) >= 11 is 0. The largest absolute Gasteiger partial charge is 0.507 e. The second-order valence-corrected chi connectivity index (χ2v) is 9.90. The number of aliphatic hydroxyl groups is 2. The molecule has 2 aliphatic heterocycles. The maximum absolute atomic E-state index is 12.1. The number of phenols is 1. The second-order valence-electron chi connectivity index (χ2n) is 9.90. The summed E-state index contributed by atoms with van der Waals surface area (Å²) in [6.45, 7) is 2.92. The summed E-state index contributed by atoms with van der Waals surface area (Å²) in [6.07, 6.45) is 0.675. The van der Waals surface area contributed by atoms with E-state index in [-0.39, 0.29) is 30.3 Å². The predicted molar refractivity (Wildman–Crippen MR) is 140 cm³/mol. The number of carbonyl (C=O) groups is 1. The number of methoxy groups -OCH3 is 1. The first kappa shape index (κ1) is 26.8. The van der Waals surface area contributed by atoms with Gasteiger partial charge in [-0.05, 0) is 25.5 Å². The number of nitrogen functional groups attached to an aromatic ring is 1. The number of phenolic OH excluding ortho intramolecular Hbond substituents is 1. The molecule has 216 valence electrons. The maximum atomic E-state index is 12.1. The monoisotopic (exact) mass is 567 g/mol. The molecule has 4 atom stereocenters. The highest BCUT2D eigenvalue weighted by Crippen LogP contribution is 2.41. The number of cyclic esters (lactones) is 1. The van der Waals surface area contributed by atoms with Crippen LogP contribution in [-0.4, -0.2) is 87.8 Å². The van der Waals surface area contributed by atoms with Crippen LogP contribution < -0.4 is 15.8 Å². The molecular formula is C25H29N9O7. The van der Waals surface area contributed by atoms with Crippen LogP contribution in [0.3, 0.4) is 0 Å². The van der Waals surface area contributed by atoms with Crippen LogP contribution >= 0.6 is 0 Å². The molecule has 6 rings (SSSR count). The molecule has 0 aliphatic carbocycles. The molecule has 1 saturated heterocycles. The molecule has 0 amide bonds. The molecule has 2 aliphatic rings. The summed E-state index contributed by atoms with van der Waals surface area (Å²) in [6, 6.07) is 0. The number of hydrogen-bond donors (Lipinski definition) is 5. The Bertz CT molecular complexity index is 1620. The zero-order chi connectivity index (χ0) is 28.8. The number of nitrogens with one attached hydrogen (secondary N) is 1. The molecule has 16 nitrogen and oxygen atoms in total. The van der Waals surface area contributed by atoms with Gasteiger partial charge in [-0.15, -0.1) is 5.10 Å². The number of ether oxygens (including phenoxy) is 3. The molecule has 0 radical (unpaired) electrons. The number of esters is 1. The third-order valence-corrected chi connectivity index (χ3v) is 7.46. The number of imidazole rings is 1. The minimum atomic E-state index is -1.24. The molecule has 0 unspecified atom stereocenters. The number of nitrogens with zero attached hydrogens (tertiary/aromatic N) is 7. The van der Waals surface area contributed by atoms with E-state index in [0.29, 0.717) is 53.2 Å². The highest BCUT2D eigenvalue weighted by Gasteiger charge is 2.44. The number of benzene rings is 1. The van der Waals surface area contributed by atoms with Gasteiger partial charge in [0.25, 0.3) is 0 Å². The topological polar surface area (TPSA) is 218 Å². The number of aromatic hydroxyl groups is 1. The summed E-state index contributed by atoms with van der Waals surface area (Å²) in [7, 11) is 1.52. The molecule has 5 heterocycles. The van der Waals surface area contributed by atoms with E-state index in [9.17, 15) is 20.1 Å². The summed E-state index contributed by atoms with van der Waals surface area (Å²) in [4.78, 5) is 24.4. The van der Waals surface area contributed by atoms with Crippen molar-refractivity contribution in [2.24, 2.45) is 0 Å². The number of nitrogens with two attached hydrogens (primary N) is 1. The minimum absolute atomic E-state index is 0.116. The Labute approximate surface area is 232 Å². The van der Waals surface area contributed by atoms with Crippen LogP contribution in [0.5, 0.6) is 11.5 Å². The van der Waals surface area contributed by atoms with Gasteiger partial charge >= 0.3 is 5.97 Å². The number of fused-ring (bicyclic) bond motifs is 2. The van der Waals surface area contributed by atoms with Gasteiger partial charge in [-0.1, -0.05) is 5.21 Å². The number of aliphatic hydroxyl groups excluding tert-OH is 2. The van der Waals surface area contributed by atoms with Crippen LogP contribution in [-0.2, 0) is 35.6 Å². The molecular weight excluding hydrogens is 538 g/mol. The molecule has 0 spiro atoms. The summed E-state index contributed by atoms with van der Waals surface area (Å²) in [5.74, 6) is 0.0712. The van der Waals surface area contributed by atoms with Crippen LogP contribution in [0.2, 0.25) is 0 Å². The van der Waals surface area contributed by atoms with E-state index in [1.54, 1.807) is 6.20 Å². The third kappa shape index (κ3) is 4.59. The van der Waals surface area contributed by atoms with E-state index in [2.05, 4.69) is 30.6 Å². The molecule has 3 aromatic heterocycles. The molecule has 0 bridgehead atoms.